The molecule has 0 amide bonds. The minimum Gasteiger partial charge on any atom is -0.393 e. The van der Waals surface area contributed by atoms with Crippen LogP contribution in [0.15, 0.2) is 0 Å². The first-order valence-electron chi connectivity index (χ1n) is 7.59. The van der Waals surface area contributed by atoms with Gasteiger partial charge in [0, 0.05) is 19.6 Å². The van der Waals surface area contributed by atoms with Crippen LogP contribution in [0.2, 0.25) is 0 Å². The van der Waals surface area contributed by atoms with Crippen LogP contribution in [0.4, 0.5) is 0 Å². The Hall–Kier alpha value is -0.170. The van der Waals surface area contributed by atoms with Gasteiger partial charge >= 0.3 is 0 Å². The van der Waals surface area contributed by atoms with Gasteiger partial charge in [-0.05, 0) is 37.0 Å². The molecule has 0 radical (unpaired) electrons. The SMILES string of the molecule is CC[C@@H](O)CCNS(=O)(=O)N1CCC(C(C)(C)C)CC1. The third-order valence-corrected chi connectivity index (χ3v) is 5.87. The Kier molecular flexibility index (Phi) is 6.44. The smallest absolute Gasteiger partial charge is 0.279 e. The molecule has 0 aromatic rings. The molecule has 20 heavy (non-hydrogen) atoms. The van der Waals surface area contributed by atoms with Gasteiger partial charge in [0.25, 0.3) is 10.2 Å². The molecule has 1 atom stereocenters. The number of hydrogen-bond donors (Lipinski definition) is 2. The van der Waals surface area contributed by atoms with E-state index in [2.05, 4.69) is 25.5 Å². The Morgan fingerprint density at radius 3 is 2.30 bits per heavy atom. The Balaban J connectivity index is 2.43. The Labute approximate surface area is 123 Å². The van der Waals surface area contributed by atoms with E-state index in [9.17, 15) is 13.5 Å². The van der Waals surface area contributed by atoms with Crippen molar-refractivity contribution < 1.29 is 13.5 Å². The maximum absolute atomic E-state index is 12.1. The van der Waals surface area contributed by atoms with Gasteiger partial charge < -0.3 is 5.11 Å². The van der Waals surface area contributed by atoms with Crippen LogP contribution in [-0.4, -0.2) is 43.6 Å². The van der Waals surface area contributed by atoms with E-state index in [1.54, 1.807) is 0 Å². The van der Waals surface area contributed by atoms with Crippen molar-refractivity contribution in [3.8, 4) is 0 Å². The summed E-state index contributed by atoms with van der Waals surface area (Å²) in [6, 6.07) is 0. The van der Waals surface area contributed by atoms with Gasteiger partial charge in [0.15, 0.2) is 0 Å². The summed E-state index contributed by atoms with van der Waals surface area (Å²) in [4.78, 5) is 0. The highest BCUT2D eigenvalue weighted by Gasteiger charge is 2.32. The highest BCUT2D eigenvalue weighted by atomic mass is 32.2. The first kappa shape index (κ1) is 17.9. The molecule has 0 aliphatic carbocycles. The summed E-state index contributed by atoms with van der Waals surface area (Å²) < 4.78 is 28.4. The van der Waals surface area contributed by atoms with Crippen molar-refractivity contribution in [2.75, 3.05) is 19.6 Å². The summed E-state index contributed by atoms with van der Waals surface area (Å²) in [6.45, 7) is 10.0. The second-order valence-electron chi connectivity index (χ2n) is 6.79. The summed E-state index contributed by atoms with van der Waals surface area (Å²) in [7, 11) is -3.38. The molecule has 1 saturated heterocycles. The molecule has 120 valence electrons. The predicted molar refractivity (Wildman–Crippen MR) is 81.6 cm³/mol. The van der Waals surface area contributed by atoms with E-state index < -0.39 is 16.3 Å². The van der Waals surface area contributed by atoms with Crippen molar-refractivity contribution in [1.82, 2.24) is 9.03 Å². The Bertz CT molecular complexity index is 382. The zero-order valence-electron chi connectivity index (χ0n) is 13.2. The normalized spacial score (nSPS) is 21.1. The van der Waals surface area contributed by atoms with Gasteiger partial charge in [0.2, 0.25) is 0 Å². The fourth-order valence-electron chi connectivity index (χ4n) is 2.61. The van der Waals surface area contributed by atoms with Crippen molar-refractivity contribution in [2.24, 2.45) is 11.3 Å². The van der Waals surface area contributed by atoms with Crippen molar-refractivity contribution in [3.05, 3.63) is 0 Å². The van der Waals surface area contributed by atoms with Crippen molar-refractivity contribution in [3.63, 3.8) is 0 Å². The fourth-order valence-corrected chi connectivity index (χ4v) is 3.86. The third kappa shape index (κ3) is 5.31. The molecule has 1 aliphatic rings. The second-order valence-corrected chi connectivity index (χ2v) is 8.54. The molecule has 1 heterocycles. The highest BCUT2D eigenvalue weighted by Crippen LogP contribution is 2.34. The maximum atomic E-state index is 12.1. The zero-order chi connectivity index (χ0) is 15.4. The molecule has 0 saturated carbocycles. The molecule has 1 aliphatic heterocycles. The molecular weight excluding hydrogens is 276 g/mol. The second kappa shape index (κ2) is 7.20. The van der Waals surface area contributed by atoms with Crippen LogP contribution >= 0.6 is 0 Å². The van der Waals surface area contributed by atoms with E-state index >= 15 is 0 Å². The van der Waals surface area contributed by atoms with Gasteiger partial charge in [-0.25, -0.2) is 4.72 Å². The van der Waals surface area contributed by atoms with Gasteiger partial charge in [-0.15, -0.1) is 0 Å². The summed E-state index contributed by atoms with van der Waals surface area (Å²) in [5, 5.41) is 9.44. The van der Waals surface area contributed by atoms with Crippen LogP contribution in [0.5, 0.6) is 0 Å². The largest absolute Gasteiger partial charge is 0.393 e. The molecule has 1 rings (SSSR count). The Morgan fingerprint density at radius 1 is 1.30 bits per heavy atom. The standard InChI is InChI=1S/C14H30N2O3S/c1-5-13(17)6-9-15-20(18,19)16-10-7-12(8-11-16)14(2,3)4/h12-13,15,17H,5-11H2,1-4H3/t13-/m1/s1. The summed E-state index contributed by atoms with van der Waals surface area (Å²) in [6.07, 6.45) is 2.53. The van der Waals surface area contributed by atoms with Crippen LogP contribution < -0.4 is 4.72 Å². The Morgan fingerprint density at radius 2 is 1.85 bits per heavy atom. The van der Waals surface area contributed by atoms with Gasteiger partial charge in [-0.1, -0.05) is 27.7 Å². The van der Waals surface area contributed by atoms with E-state index in [0.29, 0.717) is 38.4 Å². The first-order chi connectivity index (χ1) is 9.16. The molecule has 2 N–H and O–H groups in total. The monoisotopic (exact) mass is 306 g/mol. The number of rotatable bonds is 6. The van der Waals surface area contributed by atoms with E-state index in [4.69, 9.17) is 0 Å². The van der Waals surface area contributed by atoms with Gasteiger partial charge in [0.05, 0.1) is 6.10 Å². The fraction of sp³-hybridized carbons (Fsp3) is 1.00. The molecule has 0 spiro atoms. The van der Waals surface area contributed by atoms with Crippen molar-refractivity contribution in [2.45, 2.75) is 59.5 Å². The number of aliphatic hydroxyl groups is 1. The number of nitrogens with zero attached hydrogens (tertiary/aromatic N) is 1. The highest BCUT2D eigenvalue weighted by molar-refractivity contribution is 7.87. The van der Waals surface area contributed by atoms with Crippen LogP contribution in [0, 0.1) is 11.3 Å². The van der Waals surface area contributed by atoms with Crippen LogP contribution in [0.25, 0.3) is 0 Å². The van der Waals surface area contributed by atoms with Crippen molar-refractivity contribution >= 4 is 10.2 Å². The topological polar surface area (TPSA) is 69.6 Å². The average Bonchev–Trinajstić information content (AvgIpc) is 2.37. The lowest BCUT2D eigenvalue weighted by Crippen LogP contribution is -2.47. The lowest BCUT2D eigenvalue weighted by Gasteiger charge is -2.38. The van der Waals surface area contributed by atoms with Crippen LogP contribution in [-0.2, 0) is 10.2 Å². The minimum absolute atomic E-state index is 0.245. The number of hydrogen-bond acceptors (Lipinski definition) is 3. The zero-order valence-corrected chi connectivity index (χ0v) is 14.0. The number of piperidine rings is 1. The van der Waals surface area contributed by atoms with E-state index in [1.165, 1.54) is 4.31 Å². The molecule has 0 aromatic heterocycles. The lowest BCUT2D eigenvalue weighted by molar-refractivity contribution is 0.151. The number of aliphatic hydroxyl groups excluding tert-OH is 1. The third-order valence-electron chi connectivity index (χ3n) is 4.25. The van der Waals surface area contributed by atoms with E-state index in [1.807, 2.05) is 6.92 Å². The molecule has 1 fully saturated rings. The average molecular weight is 306 g/mol. The lowest BCUT2D eigenvalue weighted by atomic mass is 9.76. The van der Waals surface area contributed by atoms with E-state index in [0.717, 1.165) is 12.8 Å². The predicted octanol–water partition coefficient (Wildman–Crippen LogP) is 1.74. The van der Waals surface area contributed by atoms with Gasteiger partial charge in [-0.2, -0.15) is 12.7 Å². The van der Waals surface area contributed by atoms with Crippen LogP contribution in [0.3, 0.4) is 0 Å². The minimum atomic E-state index is -3.38. The molecule has 6 heteroatoms. The maximum Gasteiger partial charge on any atom is 0.279 e. The van der Waals surface area contributed by atoms with Crippen LogP contribution in [0.1, 0.15) is 53.4 Å². The molecular formula is C14H30N2O3S. The first-order valence-corrected chi connectivity index (χ1v) is 9.03. The molecule has 0 bridgehead atoms. The van der Waals surface area contributed by atoms with Crippen molar-refractivity contribution in [1.29, 1.82) is 0 Å². The number of nitrogens with one attached hydrogen (secondary N) is 1. The van der Waals surface area contributed by atoms with Gasteiger partial charge in [-0.3, -0.25) is 0 Å². The molecule has 0 aromatic carbocycles. The van der Waals surface area contributed by atoms with Gasteiger partial charge in [0.1, 0.15) is 0 Å². The molecule has 0 unspecified atom stereocenters. The molecule has 5 nitrogen and oxygen atoms in total. The summed E-state index contributed by atoms with van der Waals surface area (Å²) in [5.74, 6) is 0.580. The summed E-state index contributed by atoms with van der Waals surface area (Å²) in [5.41, 5.74) is 0.245. The quantitative estimate of drug-likeness (QED) is 0.785. The van der Waals surface area contributed by atoms with E-state index in [-0.39, 0.29) is 5.41 Å². The summed E-state index contributed by atoms with van der Waals surface area (Å²) >= 11 is 0.